The fourth-order valence-electron chi connectivity index (χ4n) is 3.82. The van der Waals surface area contributed by atoms with Gasteiger partial charge in [-0.15, -0.1) is 0 Å². The van der Waals surface area contributed by atoms with Crippen molar-refractivity contribution in [1.82, 2.24) is 0 Å². The molecular formula is C37H42N2O16. The molecule has 18 nitrogen and oxygen atoms in total. The molecule has 18 heteroatoms. The van der Waals surface area contributed by atoms with Crippen molar-refractivity contribution in [3.05, 3.63) is 99.7 Å². The van der Waals surface area contributed by atoms with Gasteiger partial charge in [-0.25, -0.2) is 33.6 Å². The average Bonchev–Trinajstić information content (AvgIpc) is 3.18. The van der Waals surface area contributed by atoms with Crippen molar-refractivity contribution in [2.45, 2.75) is 12.5 Å². The van der Waals surface area contributed by atoms with E-state index in [4.69, 9.17) is 37.9 Å². The van der Waals surface area contributed by atoms with E-state index in [0.29, 0.717) is 5.56 Å². The second kappa shape index (κ2) is 23.7. The third kappa shape index (κ3) is 17.5. The van der Waals surface area contributed by atoms with Gasteiger partial charge in [0.25, 0.3) is 0 Å². The second-order valence-corrected chi connectivity index (χ2v) is 11.2. The molecule has 0 aliphatic rings. The topological polar surface area (TPSA) is 234 Å². The van der Waals surface area contributed by atoms with Crippen LogP contribution in [-0.2, 0) is 66.7 Å². The summed E-state index contributed by atoms with van der Waals surface area (Å²) < 4.78 is 41.7. The number of ketones is 1. The third-order valence-corrected chi connectivity index (χ3v) is 6.72. The molecule has 1 aromatic carbocycles. The summed E-state index contributed by atoms with van der Waals surface area (Å²) in [6, 6.07) is 4.18. The van der Waals surface area contributed by atoms with E-state index in [-0.39, 0.29) is 11.4 Å². The van der Waals surface area contributed by atoms with E-state index in [2.05, 4.69) is 50.1 Å². The van der Waals surface area contributed by atoms with Crippen LogP contribution in [0.4, 0.5) is 21.0 Å². The minimum atomic E-state index is -1.96. The number of amides is 2. The summed E-state index contributed by atoms with van der Waals surface area (Å²) >= 11 is 0. The lowest BCUT2D eigenvalue weighted by Gasteiger charge is -2.31. The van der Waals surface area contributed by atoms with Crippen LogP contribution < -0.4 is 10.6 Å². The lowest BCUT2D eigenvalue weighted by molar-refractivity contribution is -0.165. The fraction of sp³-hybridized carbons (Fsp3) is 0.297. The summed E-state index contributed by atoms with van der Waals surface area (Å²) in [6.45, 7) is 16.7. The van der Waals surface area contributed by atoms with Gasteiger partial charge in [0.1, 0.15) is 51.7 Å². The number of esters is 5. The van der Waals surface area contributed by atoms with Crippen molar-refractivity contribution < 1.29 is 76.3 Å². The fourth-order valence-corrected chi connectivity index (χ4v) is 3.82. The van der Waals surface area contributed by atoms with Crippen LogP contribution in [0.3, 0.4) is 0 Å². The van der Waals surface area contributed by atoms with Gasteiger partial charge in [-0.05, 0) is 36.8 Å². The van der Waals surface area contributed by atoms with Crippen LogP contribution in [-0.4, -0.2) is 106 Å². The molecule has 0 aliphatic carbocycles. The lowest BCUT2D eigenvalue weighted by atomic mass is 9.92. The summed E-state index contributed by atoms with van der Waals surface area (Å²) in [5, 5.41) is 4.94. The zero-order valence-electron chi connectivity index (χ0n) is 30.1. The Morgan fingerprint density at radius 1 is 0.564 bits per heavy atom. The van der Waals surface area contributed by atoms with Gasteiger partial charge in [-0.3, -0.25) is 15.4 Å². The molecule has 0 heterocycles. The van der Waals surface area contributed by atoms with Crippen molar-refractivity contribution in [3.8, 4) is 0 Å². The number of hydrogen-bond acceptors (Lipinski definition) is 16. The van der Waals surface area contributed by atoms with Gasteiger partial charge in [0.05, 0.1) is 6.61 Å². The Hall–Kier alpha value is -6.82. The molecule has 0 aliphatic heterocycles. The Balaban J connectivity index is 3.20. The number of anilines is 2. The van der Waals surface area contributed by atoms with E-state index >= 15 is 0 Å². The highest BCUT2D eigenvalue weighted by atomic mass is 16.6. The van der Waals surface area contributed by atoms with Crippen LogP contribution in [0.2, 0.25) is 0 Å². The monoisotopic (exact) mass is 770 g/mol. The molecule has 0 atom stereocenters. The van der Waals surface area contributed by atoms with Crippen LogP contribution in [0.5, 0.6) is 0 Å². The minimum absolute atomic E-state index is 0.169. The molecule has 0 bridgehead atoms. The Labute approximate surface area is 316 Å². The molecule has 1 rings (SSSR count). The standard InChI is InChI=1S/C37H42N2O16/c1-8-27(40)17-48-22-37(23-52-32(44)12-5,24-53-33(45)13-6)55-35(47)39-28-15-14-26(16-25(28)7)38-34(46)54-21-36(18-49-29(41)9-2,19-50-30(42)10-3)20-51-31(43)11-4/h8-16H,1-6,17-24H2,7H3,(H,38,46)(H,39,47). The van der Waals surface area contributed by atoms with E-state index in [0.717, 1.165) is 36.5 Å². The molecule has 55 heavy (non-hydrogen) atoms. The van der Waals surface area contributed by atoms with Gasteiger partial charge < -0.3 is 37.9 Å². The molecule has 0 fully saturated rings. The van der Waals surface area contributed by atoms with Crippen molar-refractivity contribution in [2.75, 3.05) is 63.5 Å². The predicted molar refractivity (Wildman–Crippen MR) is 193 cm³/mol. The average molecular weight is 771 g/mol. The Morgan fingerprint density at radius 3 is 1.42 bits per heavy atom. The molecule has 0 aromatic heterocycles. The molecule has 0 saturated carbocycles. The molecule has 0 saturated heterocycles. The maximum atomic E-state index is 13.2. The zero-order valence-corrected chi connectivity index (χ0v) is 30.1. The molecule has 0 radical (unpaired) electrons. The van der Waals surface area contributed by atoms with Crippen molar-refractivity contribution in [2.24, 2.45) is 5.41 Å². The largest absolute Gasteiger partial charge is 0.462 e. The Bertz CT molecular complexity index is 1580. The van der Waals surface area contributed by atoms with Crippen molar-refractivity contribution in [3.63, 3.8) is 0 Å². The van der Waals surface area contributed by atoms with E-state index in [1.165, 1.54) is 18.2 Å². The Kier molecular flexibility index (Phi) is 19.9. The van der Waals surface area contributed by atoms with Gasteiger partial charge in [0, 0.05) is 41.8 Å². The van der Waals surface area contributed by atoms with Gasteiger partial charge in [0.15, 0.2) is 5.78 Å². The summed E-state index contributed by atoms with van der Waals surface area (Å²) in [5.41, 5.74) is -2.82. The highest BCUT2D eigenvalue weighted by molar-refractivity contribution is 5.90. The molecule has 2 N–H and O–H groups in total. The van der Waals surface area contributed by atoms with Gasteiger partial charge in [0.2, 0.25) is 5.60 Å². The van der Waals surface area contributed by atoms with Crippen molar-refractivity contribution >= 4 is 59.2 Å². The van der Waals surface area contributed by atoms with Crippen LogP contribution in [0.15, 0.2) is 94.1 Å². The number of carbonyl (C=O) groups is 8. The van der Waals surface area contributed by atoms with E-state index in [9.17, 15) is 38.4 Å². The zero-order chi connectivity index (χ0) is 41.4. The number of rotatable bonds is 25. The molecule has 1 aromatic rings. The summed E-state index contributed by atoms with van der Waals surface area (Å²) in [5.74, 6) is -4.92. The van der Waals surface area contributed by atoms with Crippen LogP contribution in [0.1, 0.15) is 5.56 Å². The number of carbonyl (C=O) groups excluding carboxylic acids is 8. The maximum Gasteiger partial charge on any atom is 0.412 e. The molecule has 296 valence electrons. The molecule has 0 unspecified atom stereocenters. The molecule has 0 spiro atoms. The van der Waals surface area contributed by atoms with Crippen molar-refractivity contribution in [1.29, 1.82) is 0 Å². The molecular weight excluding hydrogens is 728 g/mol. The minimum Gasteiger partial charge on any atom is -0.462 e. The Morgan fingerprint density at radius 2 is 1.00 bits per heavy atom. The third-order valence-electron chi connectivity index (χ3n) is 6.72. The SMILES string of the molecule is C=CC(=O)COCC(COC(=O)C=C)(COC(=O)C=C)OC(=O)Nc1ccc(NC(=O)OCC(COC(=O)C=C)(COC(=O)C=C)COC(=O)C=C)cc1C. The van der Waals surface area contributed by atoms with Crippen LogP contribution >= 0.6 is 0 Å². The van der Waals surface area contributed by atoms with Gasteiger partial charge in [-0.2, -0.15) is 0 Å². The smallest absolute Gasteiger partial charge is 0.412 e. The first-order valence-electron chi connectivity index (χ1n) is 15.8. The summed E-state index contributed by atoms with van der Waals surface area (Å²) in [7, 11) is 0. The van der Waals surface area contributed by atoms with E-state index in [1.54, 1.807) is 6.92 Å². The highest BCUT2D eigenvalue weighted by Gasteiger charge is 2.40. The van der Waals surface area contributed by atoms with Crippen LogP contribution in [0.25, 0.3) is 0 Å². The van der Waals surface area contributed by atoms with Crippen LogP contribution in [0, 0.1) is 12.3 Å². The maximum absolute atomic E-state index is 13.2. The summed E-state index contributed by atoms with van der Waals surface area (Å²) in [6.07, 6.45) is 3.12. The number of benzene rings is 1. The first kappa shape index (κ1) is 46.2. The van der Waals surface area contributed by atoms with Gasteiger partial charge in [-0.1, -0.05) is 39.5 Å². The second-order valence-electron chi connectivity index (χ2n) is 11.2. The number of nitrogens with one attached hydrogen (secondary N) is 2. The highest BCUT2D eigenvalue weighted by Crippen LogP contribution is 2.24. The number of aryl methyl sites for hydroxylation is 1. The van der Waals surface area contributed by atoms with Gasteiger partial charge >= 0.3 is 42.0 Å². The normalized spacial score (nSPS) is 10.5. The van der Waals surface area contributed by atoms with E-state index < -0.39 is 112 Å². The van der Waals surface area contributed by atoms with E-state index in [1.807, 2.05) is 0 Å². The lowest BCUT2D eigenvalue weighted by Crippen LogP contribution is -2.50. The first-order chi connectivity index (χ1) is 26.1. The quantitative estimate of drug-likeness (QED) is 0.0825. The first-order valence-corrected chi connectivity index (χ1v) is 15.8. The number of ether oxygens (including phenoxy) is 8. The summed E-state index contributed by atoms with van der Waals surface area (Å²) in [4.78, 5) is 96.9. The predicted octanol–water partition coefficient (Wildman–Crippen LogP) is 3.23. The number of hydrogen-bond donors (Lipinski definition) is 2. The molecule has 2 amide bonds.